The van der Waals surface area contributed by atoms with E-state index in [1.54, 1.807) is 11.2 Å². The molecule has 29 heavy (non-hydrogen) atoms. The van der Waals surface area contributed by atoms with E-state index < -0.39 is 0 Å². The van der Waals surface area contributed by atoms with Gasteiger partial charge in [-0.1, -0.05) is 30.3 Å². The molecule has 1 aliphatic rings. The highest BCUT2D eigenvalue weighted by Crippen LogP contribution is 2.33. The van der Waals surface area contributed by atoms with Gasteiger partial charge in [-0.05, 0) is 48.7 Å². The summed E-state index contributed by atoms with van der Waals surface area (Å²) in [6.45, 7) is 0.947. The minimum Gasteiger partial charge on any atom is -0.464 e. The molecule has 0 spiro atoms. The normalized spacial score (nSPS) is 16.4. The molecule has 0 bridgehead atoms. The minimum absolute atomic E-state index is 0.0993. The van der Waals surface area contributed by atoms with Gasteiger partial charge in [0.2, 0.25) is 0 Å². The lowest BCUT2D eigenvalue weighted by Crippen LogP contribution is -2.31. The maximum Gasteiger partial charge on any atom is 0.410 e. The number of nitrogens with one attached hydrogen (secondary N) is 1. The maximum absolute atomic E-state index is 12.7. The Balaban J connectivity index is 1.35. The number of hydrogen-bond donors (Lipinski definition) is 1. The van der Waals surface area contributed by atoms with Gasteiger partial charge in [-0.25, -0.2) is 9.78 Å². The molecular weight excluding hydrogens is 366 g/mol. The van der Waals surface area contributed by atoms with E-state index in [1.807, 2.05) is 60.7 Å². The quantitative estimate of drug-likeness (QED) is 0.516. The summed E-state index contributed by atoms with van der Waals surface area (Å²) in [6, 6.07) is 19.4. The van der Waals surface area contributed by atoms with E-state index in [0.29, 0.717) is 6.54 Å². The first kappa shape index (κ1) is 17.6. The fourth-order valence-electron chi connectivity index (χ4n) is 3.85. The van der Waals surface area contributed by atoms with E-state index in [9.17, 15) is 4.79 Å². The number of aromatic amines is 1. The molecule has 0 saturated carbocycles. The predicted octanol–water partition coefficient (Wildman–Crippen LogP) is 5.30. The summed E-state index contributed by atoms with van der Waals surface area (Å²) in [6.07, 6.45) is 3.16. The summed E-state index contributed by atoms with van der Waals surface area (Å²) in [5.74, 6) is 1.61. The monoisotopic (exact) mass is 387 g/mol. The van der Waals surface area contributed by atoms with Gasteiger partial charge in [-0.15, -0.1) is 0 Å². The average molecular weight is 387 g/mol. The molecule has 0 radical (unpaired) electrons. The van der Waals surface area contributed by atoms with Crippen molar-refractivity contribution in [3.63, 3.8) is 0 Å². The van der Waals surface area contributed by atoms with Crippen molar-refractivity contribution in [1.82, 2.24) is 14.9 Å². The lowest BCUT2D eigenvalue weighted by molar-refractivity contribution is 0.0910. The molecule has 1 atom stereocenters. The van der Waals surface area contributed by atoms with Gasteiger partial charge in [-0.3, -0.25) is 4.90 Å². The molecule has 1 fully saturated rings. The number of rotatable bonds is 4. The van der Waals surface area contributed by atoms with E-state index in [0.717, 1.165) is 46.6 Å². The van der Waals surface area contributed by atoms with Gasteiger partial charge in [-0.2, -0.15) is 0 Å². The van der Waals surface area contributed by atoms with Crippen LogP contribution in [0.5, 0.6) is 0 Å². The SMILES string of the molecule is O=C(OCc1ccccc1)N1CCCC1c1nc2ccc(-c3ccco3)cc2[nH]1. The first-order chi connectivity index (χ1) is 14.3. The van der Waals surface area contributed by atoms with Crippen LogP contribution in [0, 0.1) is 0 Å². The third-order valence-corrected chi connectivity index (χ3v) is 5.31. The molecule has 3 heterocycles. The van der Waals surface area contributed by atoms with Crippen LogP contribution in [-0.4, -0.2) is 27.5 Å². The Morgan fingerprint density at radius 1 is 1.17 bits per heavy atom. The summed E-state index contributed by atoms with van der Waals surface area (Å²) >= 11 is 0. The Labute approximate surface area is 168 Å². The number of likely N-dealkylation sites (tertiary alicyclic amines) is 1. The molecule has 0 aliphatic carbocycles. The molecule has 1 saturated heterocycles. The van der Waals surface area contributed by atoms with Gasteiger partial charge >= 0.3 is 6.09 Å². The van der Waals surface area contributed by atoms with Gasteiger partial charge in [0.05, 0.1) is 23.3 Å². The third-order valence-electron chi connectivity index (χ3n) is 5.31. The summed E-state index contributed by atoms with van der Waals surface area (Å²) in [5, 5.41) is 0. The number of nitrogens with zero attached hydrogens (tertiary/aromatic N) is 2. The van der Waals surface area contributed by atoms with Crippen molar-refractivity contribution in [3.8, 4) is 11.3 Å². The summed E-state index contributed by atoms with van der Waals surface area (Å²) in [4.78, 5) is 22.6. The average Bonchev–Trinajstić information content (AvgIpc) is 3.52. The largest absolute Gasteiger partial charge is 0.464 e. The fraction of sp³-hybridized carbons (Fsp3) is 0.217. The molecule has 2 aromatic heterocycles. The number of furan rings is 1. The maximum atomic E-state index is 12.7. The molecule has 6 nitrogen and oxygen atoms in total. The van der Waals surface area contributed by atoms with Gasteiger partial charge in [0.1, 0.15) is 18.2 Å². The molecule has 1 N–H and O–H groups in total. The zero-order chi connectivity index (χ0) is 19.6. The van der Waals surface area contributed by atoms with Crippen molar-refractivity contribution in [2.24, 2.45) is 0 Å². The van der Waals surface area contributed by atoms with Crippen LogP contribution in [0.25, 0.3) is 22.4 Å². The van der Waals surface area contributed by atoms with Crippen LogP contribution in [0.1, 0.15) is 30.3 Å². The van der Waals surface area contributed by atoms with Gasteiger partial charge < -0.3 is 14.1 Å². The number of carbonyl (C=O) groups excluding carboxylic acids is 1. The summed E-state index contributed by atoms with van der Waals surface area (Å²) in [5.41, 5.74) is 3.77. The first-order valence-corrected chi connectivity index (χ1v) is 9.79. The number of H-pyrrole nitrogens is 1. The molecular formula is C23H21N3O3. The number of imidazole rings is 1. The van der Waals surface area contributed by atoms with Crippen LogP contribution < -0.4 is 0 Å². The van der Waals surface area contributed by atoms with Crippen LogP contribution >= 0.6 is 0 Å². The van der Waals surface area contributed by atoms with Crippen molar-refractivity contribution in [2.75, 3.05) is 6.54 Å². The third kappa shape index (κ3) is 3.49. The van der Waals surface area contributed by atoms with Crippen LogP contribution in [-0.2, 0) is 11.3 Å². The number of fused-ring (bicyclic) bond motifs is 1. The minimum atomic E-state index is -0.298. The topological polar surface area (TPSA) is 71.4 Å². The Kier molecular flexibility index (Phi) is 4.52. The van der Waals surface area contributed by atoms with E-state index in [1.165, 1.54) is 0 Å². The number of hydrogen-bond acceptors (Lipinski definition) is 4. The molecule has 1 amide bonds. The van der Waals surface area contributed by atoms with Crippen LogP contribution in [0.3, 0.4) is 0 Å². The smallest absolute Gasteiger partial charge is 0.410 e. The van der Waals surface area contributed by atoms with Crippen molar-refractivity contribution < 1.29 is 13.9 Å². The fourth-order valence-corrected chi connectivity index (χ4v) is 3.85. The first-order valence-electron chi connectivity index (χ1n) is 9.79. The predicted molar refractivity (Wildman–Crippen MR) is 109 cm³/mol. The highest BCUT2D eigenvalue weighted by atomic mass is 16.6. The number of benzene rings is 2. The second-order valence-corrected chi connectivity index (χ2v) is 7.22. The Hall–Kier alpha value is -3.54. The van der Waals surface area contributed by atoms with Crippen molar-refractivity contribution in [3.05, 3.63) is 78.3 Å². The summed E-state index contributed by atoms with van der Waals surface area (Å²) < 4.78 is 11.0. The molecule has 1 unspecified atom stereocenters. The lowest BCUT2D eigenvalue weighted by Gasteiger charge is -2.22. The van der Waals surface area contributed by atoms with Gasteiger partial charge in [0, 0.05) is 12.1 Å². The Bertz CT molecular complexity index is 1120. The summed E-state index contributed by atoms with van der Waals surface area (Å²) in [7, 11) is 0. The molecule has 2 aromatic carbocycles. The van der Waals surface area contributed by atoms with Gasteiger partial charge in [0.25, 0.3) is 0 Å². The highest BCUT2D eigenvalue weighted by Gasteiger charge is 2.33. The zero-order valence-corrected chi connectivity index (χ0v) is 15.9. The standard InChI is InChI=1S/C23H21N3O3/c27-23(29-15-16-6-2-1-3-7-16)26-12-4-8-20(26)22-24-18-11-10-17(14-19(18)25-22)21-9-5-13-28-21/h1-3,5-7,9-11,13-14,20H,4,8,12,15H2,(H,24,25). The van der Waals surface area contributed by atoms with Crippen molar-refractivity contribution >= 4 is 17.1 Å². The van der Waals surface area contributed by atoms with Gasteiger partial charge in [0.15, 0.2) is 0 Å². The molecule has 6 heteroatoms. The van der Waals surface area contributed by atoms with E-state index >= 15 is 0 Å². The van der Waals surface area contributed by atoms with E-state index in [-0.39, 0.29) is 18.7 Å². The number of carbonyl (C=O) groups is 1. The Morgan fingerprint density at radius 3 is 2.90 bits per heavy atom. The van der Waals surface area contributed by atoms with Crippen LogP contribution in [0.2, 0.25) is 0 Å². The molecule has 4 aromatic rings. The lowest BCUT2D eigenvalue weighted by atomic mass is 10.1. The highest BCUT2D eigenvalue weighted by molar-refractivity contribution is 5.81. The van der Waals surface area contributed by atoms with E-state index in [4.69, 9.17) is 14.1 Å². The van der Waals surface area contributed by atoms with E-state index in [2.05, 4.69) is 4.98 Å². The van der Waals surface area contributed by atoms with Crippen molar-refractivity contribution in [2.45, 2.75) is 25.5 Å². The second-order valence-electron chi connectivity index (χ2n) is 7.22. The second kappa shape index (κ2) is 7.47. The van der Waals surface area contributed by atoms with Crippen molar-refractivity contribution in [1.29, 1.82) is 0 Å². The Morgan fingerprint density at radius 2 is 2.07 bits per heavy atom. The number of ether oxygens (including phenoxy) is 1. The molecule has 146 valence electrons. The molecule has 1 aliphatic heterocycles. The number of amides is 1. The molecule has 5 rings (SSSR count). The number of aromatic nitrogens is 2. The van der Waals surface area contributed by atoms with Crippen LogP contribution in [0.15, 0.2) is 71.3 Å². The van der Waals surface area contributed by atoms with Crippen LogP contribution in [0.4, 0.5) is 4.79 Å². The zero-order valence-electron chi connectivity index (χ0n) is 15.9.